The van der Waals surface area contributed by atoms with Gasteiger partial charge in [-0.1, -0.05) is 32.6 Å². The highest BCUT2D eigenvalue weighted by molar-refractivity contribution is 4.86. The van der Waals surface area contributed by atoms with E-state index >= 15 is 0 Å². The van der Waals surface area contributed by atoms with E-state index in [1.807, 2.05) is 0 Å². The Morgan fingerprint density at radius 3 is 2.50 bits per heavy atom. The molecule has 3 atom stereocenters. The highest BCUT2D eigenvalue weighted by Gasteiger charge is 2.27. The van der Waals surface area contributed by atoms with Crippen molar-refractivity contribution in [1.82, 2.24) is 10.2 Å². The van der Waals surface area contributed by atoms with E-state index in [4.69, 9.17) is 4.74 Å². The van der Waals surface area contributed by atoms with Crippen molar-refractivity contribution in [1.29, 1.82) is 0 Å². The standard InChI is InChI=1S/C15H32N2O/c1-5-16-14-10-8-6-7-9-11-15(14)17(3)13(2)12-18-4/h13-16H,5-12H2,1-4H3. The molecular weight excluding hydrogens is 224 g/mol. The summed E-state index contributed by atoms with van der Waals surface area (Å²) in [6.07, 6.45) is 8.20. The molecule has 1 fully saturated rings. The first kappa shape index (κ1) is 15.9. The van der Waals surface area contributed by atoms with Crippen molar-refractivity contribution in [2.45, 2.75) is 70.5 Å². The number of hydrogen-bond donors (Lipinski definition) is 1. The molecule has 0 saturated heterocycles. The summed E-state index contributed by atoms with van der Waals surface area (Å²) in [7, 11) is 4.06. The minimum atomic E-state index is 0.501. The average Bonchev–Trinajstić information content (AvgIpc) is 2.32. The molecule has 0 aromatic heterocycles. The Morgan fingerprint density at radius 1 is 1.22 bits per heavy atom. The third kappa shape index (κ3) is 4.87. The zero-order valence-corrected chi connectivity index (χ0v) is 12.7. The van der Waals surface area contributed by atoms with E-state index in [0.717, 1.165) is 13.2 Å². The summed E-state index contributed by atoms with van der Waals surface area (Å²) in [5.74, 6) is 0. The second-order valence-corrected chi connectivity index (χ2v) is 5.69. The van der Waals surface area contributed by atoms with Crippen molar-refractivity contribution in [3.05, 3.63) is 0 Å². The van der Waals surface area contributed by atoms with Gasteiger partial charge in [-0.15, -0.1) is 0 Å². The maximum Gasteiger partial charge on any atom is 0.0615 e. The molecule has 1 N–H and O–H groups in total. The number of nitrogens with zero attached hydrogens (tertiary/aromatic N) is 1. The summed E-state index contributed by atoms with van der Waals surface area (Å²) in [5, 5.41) is 3.70. The Balaban J connectivity index is 2.63. The maximum atomic E-state index is 5.30. The lowest BCUT2D eigenvalue weighted by Crippen LogP contribution is -2.52. The van der Waals surface area contributed by atoms with Crippen molar-refractivity contribution in [3.63, 3.8) is 0 Å². The summed E-state index contributed by atoms with van der Waals surface area (Å²) in [5.41, 5.74) is 0. The Kier molecular flexibility index (Phi) is 7.87. The molecule has 1 rings (SSSR count). The molecule has 3 unspecified atom stereocenters. The van der Waals surface area contributed by atoms with Gasteiger partial charge in [0.05, 0.1) is 6.61 Å². The van der Waals surface area contributed by atoms with Crippen LogP contribution in [0.5, 0.6) is 0 Å². The lowest BCUT2D eigenvalue weighted by atomic mass is 9.90. The van der Waals surface area contributed by atoms with Gasteiger partial charge in [-0.2, -0.15) is 0 Å². The molecule has 1 aliphatic rings. The molecule has 1 aliphatic carbocycles. The number of rotatable bonds is 6. The fourth-order valence-corrected chi connectivity index (χ4v) is 3.14. The molecule has 18 heavy (non-hydrogen) atoms. The largest absolute Gasteiger partial charge is 0.383 e. The van der Waals surface area contributed by atoms with Crippen LogP contribution in [0.1, 0.15) is 52.4 Å². The highest BCUT2D eigenvalue weighted by Crippen LogP contribution is 2.22. The van der Waals surface area contributed by atoms with Crippen molar-refractivity contribution >= 4 is 0 Å². The van der Waals surface area contributed by atoms with Crippen LogP contribution in [0.2, 0.25) is 0 Å². The van der Waals surface area contributed by atoms with Gasteiger partial charge in [-0.25, -0.2) is 0 Å². The predicted octanol–water partition coefficient (Wildman–Crippen LogP) is 2.65. The van der Waals surface area contributed by atoms with E-state index in [1.54, 1.807) is 7.11 Å². The van der Waals surface area contributed by atoms with Crippen LogP contribution in [-0.2, 0) is 4.74 Å². The van der Waals surface area contributed by atoms with Gasteiger partial charge < -0.3 is 10.1 Å². The Labute approximate surface area is 113 Å². The molecule has 0 aliphatic heterocycles. The molecule has 0 heterocycles. The average molecular weight is 256 g/mol. The van der Waals surface area contributed by atoms with Crippen molar-refractivity contribution < 1.29 is 4.74 Å². The van der Waals surface area contributed by atoms with Gasteiger partial charge in [0.1, 0.15) is 0 Å². The first-order valence-corrected chi connectivity index (χ1v) is 7.65. The third-order valence-electron chi connectivity index (χ3n) is 4.32. The smallest absolute Gasteiger partial charge is 0.0615 e. The number of ether oxygens (including phenoxy) is 1. The first-order chi connectivity index (χ1) is 8.70. The molecule has 1 saturated carbocycles. The normalized spacial score (nSPS) is 27.8. The summed E-state index contributed by atoms with van der Waals surface area (Å²) >= 11 is 0. The zero-order chi connectivity index (χ0) is 13.4. The molecule has 0 bridgehead atoms. The number of hydrogen-bond acceptors (Lipinski definition) is 3. The van der Waals surface area contributed by atoms with Crippen LogP contribution in [0.25, 0.3) is 0 Å². The quantitative estimate of drug-likeness (QED) is 0.791. The fourth-order valence-electron chi connectivity index (χ4n) is 3.14. The van der Waals surface area contributed by atoms with Crippen LogP contribution in [0.15, 0.2) is 0 Å². The summed E-state index contributed by atoms with van der Waals surface area (Å²) in [6, 6.07) is 1.82. The molecule has 0 aromatic carbocycles. The van der Waals surface area contributed by atoms with Gasteiger partial charge >= 0.3 is 0 Å². The van der Waals surface area contributed by atoms with Gasteiger partial charge in [-0.3, -0.25) is 4.90 Å². The monoisotopic (exact) mass is 256 g/mol. The van der Waals surface area contributed by atoms with E-state index in [2.05, 4.69) is 31.1 Å². The summed E-state index contributed by atoms with van der Waals surface area (Å²) < 4.78 is 5.30. The molecular formula is C15H32N2O. The molecule has 0 radical (unpaired) electrons. The van der Waals surface area contributed by atoms with Gasteiger partial charge in [0.25, 0.3) is 0 Å². The molecule has 3 heteroatoms. The van der Waals surface area contributed by atoms with Crippen molar-refractivity contribution in [2.24, 2.45) is 0 Å². The number of methoxy groups -OCH3 is 1. The molecule has 108 valence electrons. The maximum absolute atomic E-state index is 5.30. The number of nitrogens with one attached hydrogen (secondary N) is 1. The van der Waals surface area contributed by atoms with E-state index in [-0.39, 0.29) is 0 Å². The van der Waals surface area contributed by atoms with Crippen LogP contribution in [0, 0.1) is 0 Å². The zero-order valence-electron chi connectivity index (χ0n) is 12.7. The summed E-state index contributed by atoms with van der Waals surface area (Å²) in [6.45, 7) is 6.39. The van der Waals surface area contributed by atoms with Crippen LogP contribution >= 0.6 is 0 Å². The SMILES string of the molecule is CCNC1CCCCCCC1N(C)C(C)COC. The number of likely N-dealkylation sites (N-methyl/N-ethyl adjacent to an activating group) is 2. The lowest BCUT2D eigenvalue weighted by molar-refractivity contribution is 0.0665. The van der Waals surface area contributed by atoms with Crippen LogP contribution in [0.3, 0.4) is 0 Å². The van der Waals surface area contributed by atoms with Gasteiger partial charge in [0.2, 0.25) is 0 Å². The molecule has 3 nitrogen and oxygen atoms in total. The van der Waals surface area contributed by atoms with E-state index in [9.17, 15) is 0 Å². The predicted molar refractivity (Wildman–Crippen MR) is 78.1 cm³/mol. The molecule has 0 aromatic rings. The van der Waals surface area contributed by atoms with Crippen LogP contribution in [0.4, 0.5) is 0 Å². The third-order valence-corrected chi connectivity index (χ3v) is 4.32. The molecule has 0 spiro atoms. The van der Waals surface area contributed by atoms with Crippen molar-refractivity contribution in [3.8, 4) is 0 Å². The topological polar surface area (TPSA) is 24.5 Å². The van der Waals surface area contributed by atoms with E-state index < -0.39 is 0 Å². The Morgan fingerprint density at radius 2 is 1.89 bits per heavy atom. The van der Waals surface area contributed by atoms with Crippen molar-refractivity contribution in [2.75, 3.05) is 27.3 Å². The van der Waals surface area contributed by atoms with E-state index in [1.165, 1.54) is 38.5 Å². The lowest BCUT2D eigenvalue weighted by Gasteiger charge is -2.39. The van der Waals surface area contributed by atoms with Gasteiger partial charge in [0, 0.05) is 25.2 Å². The minimum absolute atomic E-state index is 0.501. The first-order valence-electron chi connectivity index (χ1n) is 7.65. The second kappa shape index (κ2) is 8.89. The van der Waals surface area contributed by atoms with Gasteiger partial charge in [-0.05, 0) is 33.4 Å². The summed E-state index contributed by atoms with van der Waals surface area (Å²) in [4.78, 5) is 2.53. The fraction of sp³-hybridized carbons (Fsp3) is 1.00. The van der Waals surface area contributed by atoms with Crippen LogP contribution in [-0.4, -0.2) is 50.3 Å². The van der Waals surface area contributed by atoms with Crippen LogP contribution < -0.4 is 5.32 Å². The highest BCUT2D eigenvalue weighted by atomic mass is 16.5. The molecule has 0 amide bonds. The Bertz CT molecular complexity index is 211. The minimum Gasteiger partial charge on any atom is -0.383 e. The van der Waals surface area contributed by atoms with E-state index in [0.29, 0.717) is 18.1 Å². The van der Waals surface area contributed by atoms with Gasteiger partial charge in [0.15, 0.2) is 0 Å². The Hall–Kier alpha value is -0.120. The second-order valence-electron chi connectivity index (χ2n) is 5.69.